The molecule has 0 amide bonds. The Morgan fingerprint density at radius 2 is 0.756 bits per heavy atom. The third kappa shape index (κ3) is 3.72. The van der Waals surface area contributed by atoms with Gasteiger partial charge in [0.25, 0.3) is 0 Å². The van der Waals surface area contributed by atoms with Gasteiger partial charge in [-0.15, -0.1) is 0 Å². The minimum atomic E-state index is -0.619. The summed E-state index contributed by atoms with van der Waals surface area (Å²) in [6.07, 6.45) is 0. The number of phenolic OH excluding ortho intramolecular Hbond substituents is 2. The number of hydrogen-bond acceptors (Lipinski definition) is 2. The molecule has 2 N–H and O–H groups in total. The highest BCUT2D eigenvalue weighted by Gasteiger charge is 2.48. The Kier molecular flexibility index (Phi) is 5.80. The van der Waals surface area contributed by atoms with Crippen molar-refractivity contribution in [2.75, 3.05) is 0 Å². The van der Waals surface area contributed by atoms with Gasteiger partial charge in [-0.2, -0.15) is 0 Å². The van der Waals surface area contributed by atoms with Crippen LogP contribution < -0.4 is 0 Å². The van der Waals surface area contributed by atoms with E-state index < -0.39 is 5.41 Å². The van der Waals surface area contributed by atoms with Gasteiger partial charge in [0.2, 0.25) is 0 Å². The van der Waals surface area contributed by atoms with Crippen LogP contribution in [0, 0.1) is 13.8 Å². The van der Waals surface area contributed by atoms with Crippen molar-refractivity contribution in [3.05, 3.63) is 167 Å². The third-order valence-electron chi connectivity index (χ3n) is 8.62. The standard InChI is InChI=1S/C39H30O2/c1-25-9-7-15-35(37(25)27-17-21-29(40)22-18-27)39(33-13-5-3-11-31(33)32-12-4-6-14-34(32)39)36-16-8-10-26(2)38(36)28-19-23-30(41)24-20-28/h3-24,40-41H,1-2H3. The molecule has 41 heavy (non-hydrogen) atoms. The van der Waals surface area contributed by atoms with Gasteiger partial charge in [0, 0.05) is 0 Å². The summed E-state index contributed by atoms with van der Waals surface area (Å²) in [7, 11) is 0. The fourth-order valence-corrected chi connectivity index (χ4v) is 6.94. The summed E-state index contributed by atoms with van der Waals surface area (Å²) in [5.74, 6) is 0.506. The van der Waals surface area contributed by atoms with Crippen LogP contribution in [-0.2, 0) is 5.41 Å². The fraction of sp³-hybridized carbons (Fsp3) is 0.0769. The first-order valence-corrected chi connectivity index (χ1v) is 14.0. The van der Waals surface area contributed by atoms with Crippen LogP contribution in [0.2, 0.25) is 0 Å². The van der Waals surface area contributed by atoms with Gasteiger partial charge >= 0.3 is 0 Å². The summed E-state index contributed by atoms with van der Waals surface area (Å²) in [6, 6.07) is 45.9. The van der Waals surface area contributed by atoms with E-state index in [2.05, 4.69) is 98.8 Å². The number of fused-ring (bicyclic) bond motifs is 3. The molecule has 0 atom stereocenters. The Labute approximate surface area is 240 Å². The maximum Gasteiger partial charge on any atom is 0.115 e. The SMILES string of the molecule is Cc1cccc(C2(c3cccc(C)c3-c3ccc(O)cc3)c3ccccc3-c3ccccc32)c1-c1ccc(O)cc1. The van der Waals surface area contributed by atoms with Crippen LogP contribution >= 0.6 is 0 Å². The van der Waals surface area contributed by atoms with Gasteiger partial charge in [0.05, 0.1) is 5.41 Å². The molecule has 2 heteroatoms. The average Bonchev–Trinajstić information content (AvgIpc) is 3.29. The van der Waals surface area contributed by atoms with E-state index in [4.69, 9.17) is 0 Å². The highest BCUT2D eigenvalue weighted by Crippen LogP contribution is 2.59. The predicted molar refractivity (Wildman–Crippen MR) is 167 cm³/mol. The molecule has 198 valence electrons. The van der Waals surface area contributed by atoms with Gasteiger partial charge in [0.15, 0.2) is 0 Å². The van der Waals surface area contributed by atoms with E-state index in [9.17, 15) is 10.2 Å². The van der Waals surface area contributed by atoms with Crippen molar-refractivity contribution in [2.24, 2.45) is 0 Å². The summed E-state index contributed by atoms with van der Waals surface area (Å²) in [4.78, 5) is 0. The smallest absolute Gasteiger partial charge is 0.115 e. The maximum absolute atomic E-state index is 10.1. The summed E-state index contributed by atoms with van der Waals surface area (Å²) in [5, 5.41) is 20.3. The third-order valence-corrected chi connectivity index (χ3v) is 8.62. The molecular weight excluding hydrogens is 500 g/mol. The highest BCUT2D eigenvalue weighted by atomic mass is 16.3. The lowest BCUT2D eigenvalue weighted by Gasteiger charge is -2.38. The van der Waals surface area contributed by atoms with Crippen molar-refractivity contribution >= 4 is 0 Å². The summed E-state index contributed by atoms with van der Waals surface area (Å²) >= 11 is 0. The van der Waals surface area contributed by atoms with Crippen molar-refractivity contribution in [1.29, 1.82) is 0 Å². The van der Waals surface area contributed by atoms with E-state index in [0.29, 0.717) is 0 Å². The lowest BCUT2D eigenvalue weighted by Crippen LogP contribution is -2.30. The minimum absolute atomic E-state index is 0.253. The van der Waals surface area contributed by atoms with Gasteiger partial charge in [-0.3, -0.25) is 0 Å². The molecule has 0 bridgehead atoms. The van der Waals surface area contributed by atoms with Crippen LogP contribution in [0.5, 0.6) is 11.5 Å². The van der Waals surface area contributed by atoms with Gasteiger partial charge < -0.3 is 10.2 Å². The zero-order valence-electron chi connectivity index (χ0n) is 23.1. The first kappa shape index (κ1) is 24.9. The Balaban J connectivity index is 1.69. The second-order valence-electron chi connectivity index (χ2n) is 10.9. The van der Waals surface area contributed by atoms with Crippen LogP contribution in [0.4, 0.5) is 0 Å². The fourth-order valence-electron chi connectivity index (χ4n) is 6.94. The molecule has 2 nitrogen and oxygen atoms in total. The molecule has 0 heterocycles. The van der Waals surface area contributed by atoms with Gasteiger partial charge in [-0.25, -0.2) is 0 Å². The van der Waals surface area contributed by atoms with E-state index >= 15 is 0 Å². The van der Waals surface area contributed by atoms with Crippen LogP contribution in [0.15, 0.2) is 133 Å². The van der Waals surface area contributed by atoms with Crippen molar-refractivity contribution in [3.63, 3.8) is 0 Å². The van der Waals surface area contributed by atoms with Crippen LogP contribution in [0.25, 0.3) is 33.4 Å². The lowest BCUT2D eigenvalue weighted by molar-refractivity contribution is 0.475. The molecule has 7 rings (SSSR count). The number of rotatable bonds is 4. The van der Waals surface area contributed by atoms with Gasteiger partial charge in [-0.05, 0) is 105 Å². The average molecular weight is 531 g/mol. The maximum atomic E-state index is 10.1. The molecule has 6 aromatic rings. The summed E-state index contributed by atoms with van der Waals surface area (Å²) in [5.41, 5.74) is 13.6. The molecule has 0 aromatic heterocycles. The number of phenols is 2. The number of benzene rings is 6. The molecule has 6 aromatic carbocycles. The largest absolute Gasteiger partial charge is 0.508 e. The summed E-state index contributed by atoms with van der Waals surface area (Å²) < 4.78 is 0. The minimum Gasteiger partial charge on any atom is -0.508 e. The van der Waals surface area contributed by atoms with Crippen molar-refractivity contribution in [2.45, 2.75) is 19.3 Å². The monoisotopic (exact) mass is 530 g/mol. The molecule has 0 spiro atoms. The van der Waals surface area contributed by atoms with E-state index in [0.717, 1.165) is 22.3 Å². The van der Waals surface area contributed by atoms with E-state index in [1.165, 1.54) is 44.5 Å². The Morgan fingerprint density at radius 1 is 0.390 bits per heavy atom. The molecular formula is C39H30O2. The van der Waals surface area contributed by atoms with E-state index in [-0.39, 0.29) is 11.5 Å². The van der Waals surface area contributed by atoms with Crippen LogP contribution in [-0.4, -0.2) is 10.2 Å². The number of aromatic hydroxyl groups is 2. The van der Waals surface area contributed by atoms with Crippen LogP contribution in [0.1, 0.15) is 33.4 Å². The number of aryl methyl sites for hydroxylation is 2. The molecule has 0 aliphatic heterocycles. The molecule has 0 radical (unpaired) electrons. The molecule has 1 aliphatic carbocycles. The van der Waals surface area contributed by atoms with Crippen molar-refractivity contribution < 1.29 is 10.2 Å². The predicted octanol–water partition coefficient (Wildman–Crippen LogP) is 9.41. The second-order valence-corrected chi connectivity index (χ2v) is 10.9. The zero-order chi connectivity index (χ0) is 28.1. The topological polar surface area (TPSA) is 40.5 Å². The number of hydrogen-bond donors (Lipinski definition) is 2. The van der Waals surface area contributed by atoms with Crippen molar-refractivity contribution in [1.82, 2.24) is 0 Å². The van der Waals surface area contributed by atoms with Gasteiger partial charge in [-0.1, -0.05) is 109 Å². The lowest BCUT2D eigenvalue weighted by atomic mass is 9.63. The molecule has 0 saturated carbocycles. The first-order valence-electron chi connectivity index (χ1n) is 14.0. The van der Waals surface area contributed by atoms with Gasteiger partial charge in [0.1, 0.15) is 11.5 Å². The molecule has 0 saturated heterocycles. The Hall–Kier alpha value is -5.08. The first-order chi connectivity index (χ1) is 20.0. The summed E-state index contributed by atoms with van der Waals surface area (Å²) in [6.45, 7) is 4.34. The quantitative estimate of drug-likeness (QED) is 0.238. The zero-order valence-corrected chi connectivity index (χ0v) is 23.1. The second kappa shape index (κ2) is 9.53. The Bertz CT molecular complexity index is 1770. The normalized spacial score (nSPS) is 13.0. The molecule has 0 unspecified atom stereocenters. The highest BCUT2D eigenvalue weighted by molar-refractivity contribution is 5.92. The van der Waals surface area contributed by atoms with Crippen LogP contribution in [0.3, 0.4) is 0 Å². The Morgan fingerprint density at radius 3 is 1.17 bits per heavy atom. The van der Waals surface area contributed by atoms with E-state index in [1.54, 1.807) is 24.3 Å². The van der Waals surface area contributed by atoms with E-state index in [1.807, 2.05) is 24.3 Å². The molecule has 1 aliphatic rings. The van der Waals surface area contributed by atoms with Crippen molar-refractivity contribution in [3.8, 4) is 44.9 Å². The molecule has 0 fully saturated rings.